The Kier molecular flexibility index (Phi) is 6.07. The van der Waals surface area contributed by atoms with Crippen molar-refractivity contribution in [1.82, 2.24) is 0 Å². The fourth-order valence-electron chi connectivity index (χ4n) is 0.849. The quantitative estimate of drug-likeness (QED) is 0.465. The van der Waals surface area contributed by atoms with Gasteiger partial charge in [-0.05, 0) is 19.8 Å². The van der Waals surface area contributed by atoms with Crippen molar-refractivity contribution in [3.05, 3.63) is 24.3 Å². The summed E-state index contributed by atoms with van der Waals surface area (Å²) < 4.78 is 4.50. The molecule has 0 saturated heterocycles. The second-order valence-electron chi connectivity index (χ2n) is 2.66. The first kappa shape index (κ1) is 11.0. The molecule has 0 heterocycles. The van der Waals surface area contributed by atoms with Crippen LogP contribution in [0.1, 0.15) is 26.2 Å². The molecule has 2 nitrogen and oxygen atoms in total. The molecule has 0 aromatic rings. The van der Waals surface area contributed by atoms with E-state index in [2.05, 4.69) is 11.3 Å². The Morgan fingerprint density at radius 2 is 2.25 bits per heavy atom. The number of carbonyl (C=O) groups is 1. The summed E-state index contributed by atoms with van der Waals surface area (Å²) in [5.74, 6) is -0.155. The lowest BCUT2D eigenvalue weighted by atomic mass is 10.1. The third-order valence-corrected chi connectivity index (χ3v) is 1.54. The summed E-state index contributed by atoms with van der Waals surface area (Å²) in [5.41, 5.74) is 1.24. The van der Waals surface area contributed by atoms with E-state index < -0.39 is 0 Å². The van der Waals surface area contributed by atoms with Crippen molar-refractivity contribution in [2.75, 3.05) is 7.11 Å². The van der Waals surface area contributed by atoms with Gasteiger partial charge in [-0.15, -0.1) is 6.58 Å². The average molecular weight is 168 g/mol. The van der Waals surface area contributed by atoms with Gasteiger partial charge in [0.2, 0.25) is 0 Å². The summed E-state index contributed by atoms with van der Waals surface area (Å²) in [4.78, 5) is 10.7. The fourth-order valence-corrected chi connectivity index (χ4v) is 0.849. The van der Waals surface area contributed by atoms with Crippen LogP contribution >= 0.6 is 0 Å². The van der Waals surface area contributed by atoms with Gasteiger partial charge in [-0.25, -0.2) is 0 Å². The molecule has 0 aromatic heterocycles. The summed E-state index contributed by atoms with van der Waals surface area (Å²) in [6, 6.07) is 0. The minimum atomic E-state index is -0.155. The monoisotopic (exact) mass is 168 g/mol. The lowest BCUT2D eigenvalue weighted by molar-refractivity contribution is -0.140. The van der Waals surface area contributed by atoms with E-state index in [4.69, 9.17) is 0 Å². The van der Waals surface area contributed by atoms with Gasteiger partial charge in [0, 0.05) is 6.42 Å². The van der Waals surface area contributed by atoms with Crippen molar-refractivity contribution in [2.24, 2.45) is 0 Å². The molecule has 68 valence electrons. The van der Waals surface area contributed by atoms with E-state index in [1.54, 1.807) is 0 Å². The van der Waals surface area contributed by atoms with E-state index in [9.17, 15) is 4.79 Å². The SMILES string of the molecule is C=CC/C(C)=C/CCC(=O)OC. The standard InChI is InChI=1S/C10H16O2/c1-4-6-9(2)7-5-8-10(11)12-3/h4,7H,1,5-6,8H2,2-3H3/b9-7+. The van der Waals surface area contributed by atoms with Gasteiger partial charge in [0.15, 0.2) is 0 Å². The molecule has 0 aliphatic carbocycles. The normalized spacial score (nSPS) is 11.0. The van der Waals surface area contributed by atoms with Gasteiger partial charge in [-0.1, -0.05) is 17.7 Å². The molecule has 0 aromatic carbocycles. The van der Waals surface area contributed by atoms with Gasteiger partial charge in [0.05, 0.1) is 7.11 Å². The van der Waals surface area contributed by atoms with Gasteiger partial charge >= 0.3 is 5.97 Å². The van der Waals surface area contributed by atoms with Crippen LogP contribution in [-0.4, -0.2) is 13.1 Å². The highest BCUT2D eigenvalue weighted by molar-refractivity contribution is 5.69. The lowest BCUT2D eigenvalue weighted by Gasteiger charge is -1.96. The molecular formula is C10H16O2. The van der Waals surface area contributed by atoms with E-state index in [1.807, 2.05) is 19.1 Å². The molecule has 0 bridgehead atoms. The molecule has 0 fully saturated rings. The van der Waals surface area contributed by atoms with Crippen LogP contribution in [0.15, 0.2) is 24.3 Å². The van der Waals surface area contributed by atoms with Crippen molar-refractivity contribution in [2.45, 2.75) is 26.2 Å². The van der Waals surface area contributed by atoms with Crippen molar-refractivity contribution in [3.63, 3.8) is 0 Å². The smallest absolute Gasteiger partial charge is 0.305 e. The Morgan fingerprint density at radius 3 is 2.75 bits per heavy atom. The van der Waals surface area contributed by atoms with Gasteiger partial charge in [0.25, 0.3) is 0 Å². The minimum absolute atomic E-state index is 0.155. The molecule has 0 spiro atoms. The Hall–Kier alpha value is -1.05. The average Bonchev–Trinajstić information content (AvgIpc) is 2.04. The molecule has 0 saturated carbocycles. The van der Waals surface area contributed by atoms with Gasteiger partial charge in [-0.2, -0.15) is 0 Å². The van der Waals surface area contributed by atoms with E-state index in [0.29, 0.717) is 6.42 Å². The number of methoxy groups -OCH3 is 1. The fraction of sp³-hybridized carbons (Fsp3) is 0.500. The van der Waals surface area contributed by atoms with E-state index in [-0.39, 0.29) is 5.97 Å². The maximum atomic E-state index is 10.7. The molecular weight excluding hydrogens is 152 g/mol. The van der Waals surface area contributed by atoms with E-state index >= 15 is 0 Å². The van der Waals surface area contributed by atoms with Crippen molar-refractivity contribution < 1.29 is 9.53 Å². The Labute approximate surface area is 73.9 Å². The van der Waals surface area contributed by atoms with Gasteiger partial charge in [-0.3, -0.25) is 4.79 Å². The Balaban J connectivity index is 3.58. The highest BCUT2D eigenvalue weighted by Gasteiger charge is 1.96. The number of hydrogen-bond acceptors (Lipinski definition) is 2. The van der Waals surface area contributed by atoms with Crippen LogP contribution in [0.5, 0.6) is 0 Å². The third-order valence-electron chi connectivity index (χ3n) is 1.54. The third kappa shape index (κ3) is 5.71. The predicted molar refractivity (Wildman–Crippen MR) is 49.8 cm³/mol. The first-order valence-corrected chi connectivity index (χ1v) is 4.04. The van der Waals surface area contributed by atoms with Crippen LogP contribution in [-0.2, 0) is 9.53 Å². The van der Waals surface area contributed by atoms with Crippen LogP contribution in [0.4, 0.5) is 0 Å². The summed E-state index contributed by atoms with van der Waals surface area (Å²) in [7, 11) is 1.41. The summed E-state index contributed by atoms with van der Waals surface area (Å²) in [5, 5.41) is 0. The topological polar surface area (TPSA) is 26.3 Å². The Bertz CT molecular complexity index is 180. The van der Waals surface area contributed by atoms with E-state index in [0.717, 1.165) is 12.8 Å². The van der Waals surface area contributed by atoms with Gasteiger partial charge < -0.3 is 4.74 Å². The number of hydrogen-bond donors (Lipinski definition) is 0. The second-order valence-corrected chi connectivity index (χ2v) is 2.66. The zero-order valence-electron chi connectivity index (χ0n) is 7.80. The van der Waals surface area contributed by atoms with Crippen LogP contribution in [0.2, 0.25) is 0 Å². The number of ether oxygens (including phenoxy) is 1. The molecule has 0 amide bonds. The zero-order chi connectivity index (χ0) is 9.40. The van der Waals surface area contributed by atoms with Crippen LogP contribution in [0, 0.1) is 0 Å². The minimum Gasteiger partial charge on any atom is -0.469 e. The zero-order valence-corrected chi connectivity index (χ0v) is 7.80. The maximum Gasteiger partial charge on any atom is 0.305 e. The largest absolute Gasteiger partial charge is 0.469 e. The number of allylic oxidation sites excluding steroid dienone is 3. The van der Waals surface area contributed by atoms with Crippen molar-refractivity contribution in [3.8, 4) is 0 Å². The summed E-state index contributed by atoms with van der Waals surface area (Å²) in [6.45, 7) is 5.65. The first-order valence-electron chi connectivity index (χ1n) is 4.04. The molecule has 2 heteroatoms. The van der Waals surface area contributed by atoms with E-state index in [1.165, 1.54) is 12.7 Å². The Morgan fingerprint density at radius 1 is 1.58 bits per heavy atom. The molecule has 0 aliphatic rings. The second kappa shape index (κ2) is 6.65. The predicted octanol–water partition coefficient (Wildman–Crippen LogP) is 2.46. The van der Waals surface area contributed by atoms with Crippen LogP contribution < -0.4 is 0 Å². The maximum absolute atomic E-state index is 10.7. The molecule has 0 atom stereocenters. The van der Waals surface area contributed by atoms with Crippen molar-refractivity contribution in [1.29, 1.82) is 0 Å². The number of carbonyl (C=O) groups excluding carboxylic acids is 1. The summed E-state index contributed by atoms with van der Waals surface area (Å²) >= 11 is 0. The highest BCUT2D eigenvalue weighted by atomic mass is 16.5. The molecule has 0 unspecified atom stereocenters. The van der Waals surface area contributed by atoms with Crippen molar-refractivity contribution >= 4 is 5.97 Å². The van der Waals surface area contributed by atoms with Gasteiger partial charge in [0.1, 0.15) is 0 Å². The molecule has 12 heavy (non-hydrogen) atoms. The number of esters is 1. The molecule has 0 N–H and O–H groups in total. The summed E-state index contributed by atoms with van der Waals surface area (Å²) in [6.07, 6.45) is 6.00. The van der Waals surface area contributed by atoms with Crippen LogP contribution in [0.3, 0.4) is 0 Å². The lowest BCUT2D eigenvalue weighted by Crippen LogP contribution is -1.98. The molecule has 0 rings (SSSR count). The first-order chi connectivity index (χ1) is 5.70. The van der Waals surface area contributed by atoms with Crippen LogP contribution in [0.25, 0.3) is 0 Å². The molecule has 0 radical (unpaired) electrons. The molecule has 0 aliphatic heterocycles. The highest BCUT2D eigenvalue weighted by Crippen LogP contribution is 2.03. The number of rotatable bonds is 5.